The first kappa shape index (κ1) is 33.5. The molecule has 2 aromatic carbocycles. The number of piperidine rings is 1. The Hall–Kier alpha value is -4.01. The zero-order valence-electron chi connectivity index (χ0n) is 27.6. The van der Waals surface area contributed by atoms with Crippen LogP contribution in [0.25, 0.3) is 0 Å². The molecule has 260 valence electrons. The summed E-state index contributed by atoms with van der Waals surface area (Å²) < 4.78 is 25.5. The summed E-state index contributed by atoms with van der Waals surface area (Å²) in [6, 6.07) is 11.2. The fraction of sp³-hybridized carbons (Fsp3) is 0.457. The summed E-state index contributed by atoms with van der Waals surface area (Å²) in [5, 5.41) is 8.08. The van der Waals surface area contributed by atoms with Crippen LogP contribution < -0.4 is 25.3 Å². The van der Waals surface area contributed by atoms with Crippen LogP contribution in [-0.4, -0.2) is 104 Å². The van der Waals surface area contributed by atoms with Crippen molar-refractivity contribution in [1.29, 1.82) is 0 Å². The number of carbonyl (C=O) groups excluding carboxylic acids is 1. The maximum Gasteiger partial charge on any atom is 0.247 e. The van der Waals surface area contributed by atoms with Gasteiger partial charge in [0.15, 0.2) is 5.82 Å². The molecule has 1 atom stereocenters. The predicted molar refractivity (Wildman–Crippen MR) is 187 cm³/mol. The van der Waals surface area contributed by atoms with Crippen molar-refractivity contribution >= 4 is 46.2 Å². The van der Waals surface area contributed by atoms with Crippen molar-refractivity contribution in [3.8, 4) is 5.75 Å². The smallest absolute Gasteiger partial charge is 0.247 e. The summed E-state index contributed by atoms with van der Waals surface area (Å²) in [4.78, 5) is 34.9. The van der Waals surface area contributed by atoms with Crippen LogP contribution in [0, 0.1) is 5.82 Å². The minimum atomic E-state index is -0.482. The van der Waals surface area contributed by atoms with E-state index < -0.39 is 5.82 Å². The largest absolute Gasteiger partial charge is 0.494 e. The Morgan fingerprint density at radius 1 is 1.00 bits per heavy atom. The molecule has 1 unspecified atom stereocenters. The lowest BCUT2D eigenvalue weighted by atomic mass is 10.0. The van der Waals surface area contributed by atoms with Gasteiger partial charge in [-0.1, -0.05) is 24.2 Å². The van der Waals surface area contributed by atoms with E-state index >= 15 is 0 Å². The van der Waals surface area contributed by atoms with Crippen LogP contribution >= 0.6 is 11.6 Å². The molecule has 4 aliphatic heterocycles. The van der Waals surface area contributed by atoms with Gasteiger partial charge in [0.25, 0.3) is 0 Å². The molecule has 49 heavy (non-hydrogen) atoms. The van der Waals surface area contributed by atoms with Crippen LogP contribution in [0.15, 0.2) is 55.4 Å². The summed E-state index contributed by atoms with van der Waals surface area (Å²) in [7, 11) is 1.62. The first-order valence-corrected chi connectivity index (χ1v) is 17.2. The van der Waals surface area contributed by atoms with Crippen molar-refractivity contribution in [2.24, 2.45) is 0 Å². The van der Waals surface area contributed by atoms with E-state index in [1.165, 1.54) is 18.5 Å². The van der Waals surface area contributed by atoms with Crippen molar-refractivity contribution < 1.29 is 23.5 Å². The molecular formula is C35H42ClFN8O4. The highest BCUT2D eigenvalue weighted by Crippen LogP contribution is 2.41. The number of rotatable bonds is 10. The second-order valence-electron chi connectivity index (χ2n) is 12.8. The lowest BCUT2D eigenvalue weighted by Gasteiger charge is -2.46. The molecule has 12 nitrogen and oxygen atoms in total. The molecule has 0 spiro atoms. The number of carbonyl (C=O) groups is 1. The molecule has 0 saturated carbocycles. The molecule has 2 N–H and O–H groups in total. The predicted octanol–water partition coefficient (Wildman–Crippen LogP) is 5.01. The molecule has 0 radical (unpaired) electrons. The molecule has 4 saturated heterocycles. The molecule has 4 fully saturated rings. The Morgan fingerprint density at radius 3 is 2.43 bits per heavy atom. The quantitative estimate of drug-likeness (QED) is 0.280. The van der Waals surface area contributed by atoms with Crippen LogP contribution in [0.5, 0.6) is 5.75 Å². The summed E-state index contributed by atoms with van der Waals surface area (Å²) in [5.74, 6) is 0.801. The Bertz CT molecular complexity index is 1660. The average Bonchev–Trinajstić information content (AvgIpc) is 3.60. The van der Waals surface area contributed by atoms with Gasteiger partial charge in [0.2, 0.25) is 5.91 Å². The molecule has 1 amide bonds. The second-order valence-corrected chi connectivity index (χ2v) is 13.2. The third kappa shape index (κ3) is 7.31. The van der Waals surface area contributed by atoms with Crippen molar-refractivity contribution in [3.05, 3.63) is 71.8 Å². The van der Waals surface area contributed by atoms with Gasteiger partial charge < -0.3 is 25.0 Å². The number of halogens is 2. The highest BCUT2D eigenvalue weighted by Gasteiger charge is 2.33. The highest BCUT2D eigenvalue weighted by atomic mass is 35.5. The lowest BCUT2D eigenvalue weighted by Crippen LogP contribution is -2.59. The van der Waals surface area contributed by atoms with Gasteiger partial charge in [-0.05, 0) is 42.7 Å². The molecule has 14 heteroatoms. The second kappa shape index (κ2) is 14.9. The van der Waals surface area contributed by atoms with E-state index in [1.807, 2.05) is 12.1 Å². The van der Waals surface area contributed by atoms with E-state index in [9.17, 15) is 9.18 Å². The van der Waals surface area contributed by atoms with Gasteiger partial charge in [0.05, 0.1) is 61.1 Å². The maximum atomic E-state index is 14.3. The van der Waals surface area contributed by atoms with E-state index in [0.717, 1.165) is 76.6 Å². The summed E-state index contributed by atoms with van der Waals surface area (Å²) in [6.45, 7) is 11.9. The van der Waals surface area contributed by atoms with Crippen molar-refractivity contribution in [1.82, 2.24) is 19.8 Å². The fourth-order valence-corrected chi connectivity index (χ4v) is 7.26. The van der Waals surface area contributed by atoms with Gasteiger partial charge in [-0.2, -0.15) is 0 Å². The Morgan fingerprint density at radius 2 is 1.76 bits per heavy atom. The highest BCUT2D eigenvalue weighted by molar-refractivity contribution is 6.30. The number of aromatic nitrogens is 2. The number of nitrogens with one attached hydrogen (secondary N) is 2. The van der Waals surface area contributed by atoms with Gasteiger partial charge >= 0.3 is 0 Å². The van der Waals surface area contributed by atoms with Gasteiger partial charge in [-0.25, -0.2) is 19.4 Å². The van der Waals surface area contributed by atoms with Crippen molar-refractivity contribution in [2.75, 3.05) is 86.8 Å². The van der Waals surface area contributed by atoms with Gasteiger partial charge in [0, 0.05) is 63.9 Å². The van der Waals surface area contributed by atoms with Crippen molar-refractivity contribution in [3.63, 3.8) is 0 Å². The van der Waals surface area contributed by atoms with Crippen LogP contribution in [0.1, 0.15) is 30.9 Å². The molecule has 3 aromatic rings. The number of anilines is 5. The Labute approximate surface area is 290 Å². The van der Waals surface area contributed by atoms with E-state index in [0.29, 0.717) is 53.9 Å². The van der Waals surface area contributed by atoms with E-state index in [-0.39, 0.29) is 17.0 Å². The molecule has 0 bridgehead atoms. The first-order valence-electron chi connectivity index (χ1n) is 16.8. The number of hydrogen-bond donors (Lipinski definition) is 2. The number of hydrogen-bond acceptors (Lipinski definition) is 11. The third-order valence-corrected chi connectivity index (χ3v) is 10.2. The van der Waals surface area contributed by atoms with Gasteiger partial charge in [-0.3, -0.25) is 19.4 Å². The monoisotopic (exact) mass is 692 g/mol. The van der Waals surface area contributed by atoms with Crippen LogP contribution in [0.2, 0.25) is 5.02 Å². The first-order chi connectivity index (χ1) is 23.9. The summed E-state index contributed by atoms with van der Waals surface area (Å²) >= 11 is 5.92. The van der Waals surface area contributed by atoms with Crippen LogP contribution in [0.4, 0.5) is 33.1 Å². The number of nitrogens with zero attached hydrogens (tertiary/aromatic N) is 6. The zero-order chi connectivity index (χ0) is 33.9. The number of piperazine rings is 1. The molecule has 7 rings (SSSR count). The number of benzene rings is 2. The Balaban J connectivity index is 1.07. The van der Waals surface area contributed by atoms with E-state index in [4.69, 9.17) is 25.9 Å². The average molecular weight is 693 g/mol. The minimum absolute atomic E-state index is 0.0697. The fourth-order valence-electron chi connectivity index (χ4n) is 7.15. The number of hydroxylamine groups is 1. The maximum absolute atomic E-state index is 14.3. The zero-order valence-corrected chi connectivity index (χ0v) is 28.4. The summed E-state index contributed by atoms with van der Waals surface area (Å²) in [5.41, 5.74) is 2.87. The SMILES string of the molecule is C=CC(=O)Nc1cc(Nc2cc(N3OCCC3c3ccc(Cl)c(F)c3)ncn2)c(OC)cc1N1CCC(N2CCN(C3COC3)CC2)CC1. The van der Waals surface area contributed by atoms with Crippen LogP contribution in [0.3, 0.4) is 0 Å². The van der Waals surface area contributed by atoms with Crippen LogP contribution in [-0.2, 0) is 14.4 Å². The minimum Gasteiger partial charge on any atom is -0.494 e. The third-order valence-electron chi connectivity index (χ3n) is 9.94. The number of ether oxygens (including phenoxy) is 2. The summed E-state index contributed by atoms with van der Waals surface area (Å²) in [6.07, 6.45) is 5.43. The molecule has 4 aliphatic rings. The number of amides is 1. The normalized spacial score (nSPS) is 21.0. The molecule has 1 aromatic heterocycles. The Kier molecular flexibility index (Phi) is 10.1. The molecular weight excluding hydrogens is 651 g/mol. The molecule has 0 aliphatic carbocycles. The van der Waals surface area contributed by atoms with E-state index in [2.05, 4.69) is 41.9 Å². The van der Waals surface area contributed by atoms with Gasteiger partial charge in [0.1, 0.15) is 23.7 Å². The standard InChI is InChI=1S/C35H42ClFN8O4/c1-3-35(46)41-28-17-29(40-33-19-34(39-22-38-33)45-30(8-15-49-45)23-4-5-26(36)27(37)16-23)32(47-2)18-31(28)44-9-6-24(7-10-44)42-11-13-43(14-12-42)25-20-48-21-25/h3-5,16-19,22,24-25,30H,1,6-15,20-21H2,2H3,(H,41,46)(H,38,39,40). The number of methoxy groups -OCH3 is 1. The van der Waals surface area contributed by atoms with Gasteiger partial charge in [-0.15, -0.1) is 0 Å². The van der Waals surface area contributed by atoms with E-state index in [1.54, 1.807) is 30.4 Å². The lowest BCUT2D eigenvalue weighted by molar-refractivity contribution is -0.111. The van der Waals surface area contributed by atoms with Crippen molar-refractivity contribution in [2.45, 2.75) is 37.4 Å². The molecule has 5 heterocycles. The topological polar surface area (TPSA) is 108 Å².